The lowest BCUT2D eigenvalue weighted by Gasteiger charge is -2.42. The van der Waals surface area contributed by atoms with Gasteiger partial charge in [0, 0.05) is 30.6 Å². The van der Waals surface area contributed by atoms with Crippen molar-refractivity contribution in [3.63, 3.8) is 0 Å². The van der Waals surface area contributed by atoms with Gasteiger partial charge < -0.3 is 18.7 Å². The van der Waals surface area contributed by atoms with E-state index in [4.69, 9.17) is 8.92 Å². The molecule has 2 aliphatic carbocycles. The predicted molar refractivity (Wildman–Crippen MR) is 99.8 cm³/mol. The van der Waals surface area contributed by atoms with Gasteiger partial charge in [0.05, 0.1) is 30.4 Å². The maximum Gasteiger partial charge on any atom is 0.0692 e. The average Bonchev–Trinajstić information content (AvgIpc) is 3.37. The molecule has 0 radical (unpaired) electrons. The van der Waals surface area contributed by atoms with Gasteiger partial charge in [-0.05, 0) is 59.0 Å². The van der Waals surface area contributed by atoms with Crippen molar-refractivity contribution < 1.29 is 8.92 Å². The van der Waals surface area contributed by atoms with E-state index < -0.39 is 0 Å². The van der Waals surface area contributed by atoms with E-state index in [-0.39, 0.29) is 0 Å². The summed E-state index contributed by atoms with van der Waals surface area (Å²) in [4.78, 5) is 4.93. The fourth-order valence-electron chi connectivity index (χ4n) is 3.81. The molecule has 6 heteroatoms. The molecule has 0 aromatic carbocycles. The van der Waals surface area contributed by atoms with E-state index in [9.17, 15) is 0 Å². The first-order valence-corrected chi connectivity index (χ1v) is 10.7. The van der Waals surface area contributed by atoms with Crippen molar-refractivity contribution >= 4 is 22.7 Å². The lowest BCUT2D eigenvalue weighted by molar-refractivity contribution is -0.0177. The molecule has 3 fully saturated rings. The van der Waals surface area contributed by atoms with Crippen LogP contribution in [0.15, 0.2) is 0 Å². The van der Waals surface area contributed by atoms with E-state index >= 15 is 0 Å². The molecule has 0 N–H and O–H groups in total. The molecule has 1 aliphatic heterocycles. The van der Waals surface area contributed by atoms with E-state index in [0.717, 1.165) is 19.1 Å². The summed E-state index contributed by atoms with van der Waals surface area (Å²) in [7, 11) is 4.35. The fraction of sp³-hybridized carbons (Fsp3) is 1.00. The summed E-state index contributed by atoms with van der Waals surface area (Å²) in [6, 6.07) is 0. The maximum absolute atomic E-state index is 6.15. The quantitative estimate of drug-likeness (QED) is 0.347. The highest BCUT2D eigenvalue weighted by Crippen LogP contribution is 2.48. The number of likely N-dealkylation sites (tertiary alicyclic amines) is 1. The van der Waals surface area contributed by atoms with Crippen molar-refractivity contribution in [3.05, 3.63) is 0 Å². The minimum atomic E-state index is 0.350. The minimum Gasteiger partial charge on any atom is -0.377 e. The second-order valence-corrected chi connectivity index (χ2v) is 9.20. The van der Waals surface area contributed by atoms with Crippen LogP contribution in [-0.4, -0.2) is 68.4 Å². The van der Waals surface area contributed by atoms with E-state index in [2.05, 4.69) is 42.5 Å². The largest absolute Gasteiger partial charge is 0.377 e. The third kappa shape index (κ3) is 4.79. The Bertz CT molecular complexity index is 394. The zero-order valence-corrected chi connectivity index (χ0v) is 16.5. The first-order valence-electron chi connectivity index (χ1n) is 8.91. The molecule has 2 saturated carbocycles. The molecule has 23 heavy (non-hydrogen) atoms. The second-order valence-electron chi connectivity index (χ2n) is 8.37. The highest BCUT2D eigenvalue weighted by atomic mass is 33.1. The summed E-state index contributed by atoms with van der Waals surface area (Å²) < 4.78 is 11.6. The summed E-state index contributed by atoms with van der Waals surface area (Å²) in [6.45, 7) is 7.68. The summed E-state index contributed by atoms with van der Waals surface area (Å²) >= 11 is 5.26. The third-order valence-corrected chi connectivity index (χ3v) is 6.58. The lowest BCUT2D eigenvalue weighted by atomic mass is 9.92. The molecule has 0 amide bonds. The Labute approximate surface area is 150 Å². The second kappa shape index (κ2) is 7.42. The summed E-state index contributed by atoms with van der Waals surface area (Å²) in [5, 5.41) is 0. The Balaban J connectivity index is 1.28. The number of likely N-dealkylation sites (N-methyl/N-ethyl adjacent to an activating group) is 1. The Kier molecular flexibility index (Phi) is 5.92. The summed E-state index contributed by atoms with van der Waals surface area (Å²) in [5.74, 6) is 0.815. The molecular weight excluding hydrogens is 328 g/mol. The van der Waals surface area contributed by atoms with E-state index in [0.29, 0.717) is 17.1 Å². The molecule has 1 atom stereocenters. The topological polar surface area (TPSA) is 24.9 Å². The summed E-state index contributed by atoms with van der Waals surface area (Å²) in [5.41, 5.74) is 0.788. The van der Waals surface area contributed by atoms with Crippen molar-refractivity contribution in [2.75, 3.05) is 46.9 Å². The zero-order valence-electron chi connectivity index (χ0n) is 14.8. The van der Waals surface area contributed by atoms with Crippen LogP contribution in [0.25, 0.3) is 0 Å². The molecule has 1 unspecified atom stereocenters. The average molecular weight is 361 g/mol. The Hall–Kier alpha value is 0.540. The van der Waals surface area contributed by atoms with E-state index in [1.807, 2.05) is 0 Å². The van der Waals surface area contributed by atoms with Gasteiger partial charge in [-0.2, -0.15) is 0 Å². The molecule has 0 bridgehead atoms. The van der Waals surface area contributed by atoms with Crippen LogP contribution >= 0.6 is 22.7 Å². The highest BCUT2D eigenvalue weighted by molar-refractivity contribution is 8.66. The maximum atomic E-state index is 6.15. The van der Waals surface area contributed by atoms with Crippen LogP contribution in [0, 0.1) is 11.3 Å². The van der Waals surface area contributed by atoms with Crippen molar-refractivity contribution in [2.45, 2.75) is 50.7 Å². The van der Waals surface area contributed by atoms with Gasteiger partial charge in [0.2, 0.25) is 0 Å². The molecule has 1 heterocycles. The van der Waals surface area contributed by atoms with Crippen LogP contribution in [0.3, 0.4) is 0 Å². The monoisotopic (exact) mass is 360 g/mol. The number of rotatable bonds is 11. The zero-order chi connectivity index (χ0) is 16.5. The van der Waals surface area contributed by atoms with Crippen LogP contribution in [0.5, 0.6) is 0 Å². The van der Waals surface area contributed by atoms with Crippen LogP contribution in [-0.2, 0) is 8.92 Å². The predicted octanol–water partition coefficient (Wildman–Crippen LogP) is 3.10. The molecule has 3 aliphatic rings. The lowest BCUT2D eigenvalue weighted by Crippen LogP contribution is -2.50. The molecule has 0 aromatic rings. The highest BCUT2D eigenvalue weighted by Gasteiger charge is 2.47. The van der Waals surface area contributed by atoms with Gasteiger partial charge in [0.25, 0.3) is 0 Å². The number of hydrogen-bond donors (Lipinski definition) is 1. The Morgan fingerprint density at radius 3 is 2.43 bits per heavy atom. The molecule has 134 valence electrons. The standard InChI is InChI=1S/C17H32N2O2S2/c1-14(20-13-17(6-7-17)18(2)3)8-15-9-19(10-15)11-16(4-5-16)12-21-23-22/h14-15,22H,4-13H2,1-3H3. The van der Waals surface area contributed by atoms with Crippen molar-refractivity contribution in [1.29, 1.82) is 0 Å². The first-order chi connectivity index (χ1) is 11.0. The van der Waals surface area contributed by atoms with Crippen LogP contribution in [0.2, 0.25) is 0 Å². The van der Waals surface area contributed by atoms with Crippen molar-refractivity contribution in [2.24, 2.45) is 11.3 Å². The number of nitrogens with zero attached hydrogens (tertiary/aromatic N) is 2. The van der Waals surface area contributed by atoms with Crippen molar-refractivity contribution in [1.82, 2.24) is 9.80 Å². The Morgan fingerprint density at radius 2 is 1.91 bits per heavy atom. The number of thiol groups is 1. The SMILES string of the molecule is CC(CC1CN(CC2(COSS)CC2)C1)OCC1(N(C)C)CC1. The molecule has 0 aromatic heterocycles. The Morgan fingerprint density at radius 1 is 1.22 bits per heavy atom. The van der Waals surface area contributed by atoms with Gasteiger partial charge in [-0.3, -0.25) is 0 Å². The molecule has 3 rings (SSSR count). The van der Waals surface area contributed by atoms with Gasteiger partial charge in [-0.25, -0.2) is 0 Å². The van der Waals surface area contributed by atoms with E-state index in [1.165, 1.54) is 62.8 Å². The van der Waals surface area contributed by atoms with E-state index in [1.54, 1.807) is 0 Å². The molecule has 0 spiro atoms. The summed E-state index contributed by atoms with van der Waals surface area (Å²) in [6.07, 6.45) is 6.80. The minimum absolute atomic E-state index is 0.350. The van der Waals surface area contributed by atoms with Gasteiger partial charge in [0.1, 0.15) is 0 Å². The van der Waals surface area contributed by atoms with Crippen molar-refractivity contribution in [3.8, 4) is 0 Å². The molecule has 1 saturated heterocycles. The third-order valence-electron chi connectivity index (χ3n) is 6.04. The van der Waals surface area contributed by atoms with Gasteiger partial charge in [0.15, 0.2) is 0 Å². The van der Waals surface area contributed by atoms with Crippen LogP contribution in [0.1, 0.15) is 39.0 Å². The van der Waals surface area contributed by atoms with Gasteiger partial charge in [-0.1, -0.05) is 11.7 Å². The van der Waals surface area contributed by atoms with Crippen LogP contribution in [0.4, 0.5) is 0 Å². The van der Waals surface area contributed by atoms with Gasteiger partial charge >= 0.3 is 0 Å². The van der Waals surface area contributed by atoms with Gasteiger partial charge in [-0.15, -0.1) is 0 Å². The molecule has 4 nitrogen and oxygen atoms in total. The molecular formula is C17H32N2O2S2. The fourth-order valence-corrected chi connectivity index (χ4v) is 4.27. The number of hydrogen-bond acceptors (Lipinski definition) is 6. The smallest absolute Gasteiger partial charge is 0.0692 e. The van der Waals surface area contributed by atoms with Crippen LogP contribution < -0.4 is 0 Å². The normalized spacial score (nSPS) is 27.0. The first kappa shape index (κ1) is 18.3. The number of ether oxygens (including phenoxy) is 1.